The Morgan fingerprint density at radius 2 is 2.16 bits per heavy atom. The first-order valence-electron chi connectivity index (χ1n) is 6.49. The average Bonchev–Trinajstić information content (AvgIpc) is 2.86. The summed E-state index contributed by atoms with van der Waals surface area (Å²) >= 11 is 1.48. The van der Waals surface area contributed by atoms with E-state index < -0.39 is 5.97 Å². The lowest BCUT2D eigenvalue weighted by Crippen LogP contribution is -2.18. The third kappa shape index (κ3) is 2.87. The number of thiophene rings is 1. The van der Waals surface area contributed by atoms with Gasteiger partial charge in [-0.05, 0) is 17.9 Å². The number of hydrogen-bond donors (Lipinski definition) is 1. The zero-order chi connectivity index (χ0) is 13.8. The topological polar surface area (TPSA) is 59.3 Å². The van der Waals surface area contributed by atoms with Crippen molar-refractivity contribution in [2.45, 2.75) is 39.2 Å². The molecule has 0 bridgehead atoms. The molecule has 0 fully saturated rings. The molecular weight excluding hydrogens is 262 g/mol. The van der Waals surface area contributed by atoms with Gasteiger partial charge in [-0.1, -0.05) is 26.2 Å². The Morgan fingerprint density at radius 3 is 2.84 bits per heavy atom. The van der Waals surface area contributed by atoms with Crippen LogP contribution in [0, 0.1) is 0 Å². The minimum absolute atomic E-state index is 0.138. The molecule has 2 aromatic rings. The summed E-state index contributed by atoms with van der Waals surface area (Å²) in [5.41, 5.74) is -0.519. The fourth-order valence-corrected chi connectivity index (χ4v) is 3.04. The van der Waals surface area contributed by atoms with E-state index in [-0.39, 0.29) is 11.0 Å². The van der Waals surface area contributed by atoms with Crippen LogP contribution in [0.25, 0.3) is 10.2 Å². The van der Waals surface area contributed by atoms with Gasteiger partial charge in [0.15, 0.2) is 0 Å². The highest BCUT2D eigenvalue weighted by Gasteiger charge is 2.14. The fourth-order valence-electron chi connectivity index (χ4n) is 2.14. The van der Waals surface area contributed by atoms with Gasteiger partial charge in [0.2, 0.25) is 5.43 Å². The lowest BCUT2D eigenvalue weighted by atomic mass is 10.2. The predicted octanol–water partition coefficient (Wildman–Crippen LogP) is 3.34. The molecule has 0 amide bonds. The number of pyridine rings is 1. The minimum atomic E-state index is -1.15. The van der Waals surface area contributed by atoms with Gasteiger partial charge in [0.05, 0.1) is 5.39 Å². The highest BCUT2D eigenvalue weighted by atomic mass is 32.1. The molecule has 0 saturated carbocycles. The van der Waals surface area contributed by atoms with Gasteiger partial charge in [0.25, 0.3) is 0 Å². The Kier molecular flexibility index (Phi) is 4.37. The highest BCUT2D eigenvalue weighted by Crippen LogP contribution is 2.19. The van der Waals surface area contributed by atoms with Crippen LogP contribution < -0.4 is 5.43 Å². The van der Waals surface area contributed by atoms with Crippen molar-refractivity contribution in [1.29, 1.82) is 0 Å². The monoisotopic (exact) mass is 279 g/mol. The Morgan fingerprint density at radius 1 is 1.37 bits per heavy atom. The largest absolute Gasteiger partial charge is 0.477 e. The molecule has 0 aromatic carbocycles. The van der Waals surface area contributed by atoms with E-state index in [1.165, 1.54) is 30.4 Å². The number of unbranched alkanes of at least 4 members (excludes halogenated alkanes) is 3. The van der Waals surface area contributed by atoms with Crippen LogP contribution in [0.5, 0.6) is 0 Å². The van der Waals surface area contributed by atoms with Crippen LogP contribution in [-0.2, 0) is 6.54 Å². The zero-order valence-corrected chi connectivity index (χ0v) is 11.7. The number of aryl methyl sites for hydroxylation is 1. The third-order valence-electron chi connectivity index (χ3n) is 3.16. The van der Waals surface area contributed by atoms with E-state index in [4.69, 9.17) is 5.11 Å². The van der Waals surface area contributed by atoms with Crippen molar-refractivity contribution in [2.24, 2.45) is 0 Å². The van der Waals surface area contributed by atoms with Gasteiger partial charge in [-0.25, -0.2) is 4.79 Å². The van der Waals surface area contributed by atoms with E-state index in [0.29, 0.717) is 5.39 Å². The van der Waals surface area contributed by atoms with Crippen LogP contribution in [0.15, 0.2) is 22.4 Å². The molecule has 102 valence electrons. The molecule has 5 heteroatoms. The molecule has 0 radical (unpaired) electrons. The first-order valence-corrected chi connectivity index (χ1v) is 7.37. The first-order chi connectivity index (χ1) is 9.15. The molecule has 0 aliphatic rings. The van der Waals surface area contributed by atoms with E-state index >= 15 is 0 Å². The van der Waals surface area contributed by atoms with Crippen LogP contribution in [-0.4, -0.2) is 15.6 Å². The predicted molar refractivity (Wildman–Crippen MR) is 77.2 cm³/mol. The van der Waals surface area contributed by atoms with E-state index in [0.717, 1.165) is 24.2 Å². The van der Waals surface area contributed by atoms with Crippen LogP contribution >= 0.6 is 11.3 Å². The molecule has 2 heterocycles. The highest BCUT2D eigenvalue weighted by molar-refractivity contribution is 7.16. The molecule has 19 heavy (non-hydrogen) atoms. The number of carboxylic acid groups (broad SMARTS) is 1. The van der Waals surface area contributed by atoms with Gasteiger partial charge in [0, 0.05) is 12.7 Å². The second-order valence-electron chi connectivity index (χ2n) is 4.57. The quantitative estimate of drug-likeness (QED) is 0.825. The fraction of sp³-hybridized carbons (Fsp3) is 0.429. The van der Waals surface area contributed by atoms with Crippen molar-refractivity contribution in [3.8, 4) is 0 Å². The smallest absolute Gasteiger partial charge is 0.341 e. The maximum atomic E-state index is 12.0. The van der Waals surface area contributed by atoms with E-state index in [1.807, 2.05) is 9.95 Å². The summed E-state index contributed by atoms with van der Waals surface area (Å²) in [4.78, 5) is 23.9. The van der Waals surface area contributed by atoms with E-state index in [9.17, 15) is 9.59 Å². The number of rotatable bonds is 6. The molecule has 0 atom stereocenters. The molecule has 0 unspecified atom stereocenters. The summed E-state index contributed by atoms with van der Waals surface area (Å²) in [6.45, 7) is 2.91. The van der Waals surface area contributed by atoms with Crippen molar-refractivity contribution >= 4 is 27.5 Å². The van der Waals surface area contributed by atoms with E-state index in [2.05, 4.69) is 6.92 Å². The van der Waals surface area contributed by atoms with Crippen LogP contribution in [0.2, 0.25) is 0 Å². The summed E-state index contributed by atoms with van der Waals surface area (Å²) in [5.74, 6) is -1.15. The molecule has 0 aliphatic heterocycles. The molecule has 4 nitrogen and oxygen atoms in total. The van der Waals surface area contributed by atoms with Gasteiger partial charge in [-0.3, -0.25) is 4.79 Å². The van der Waals surface area contributed by atoms with Crippen molar-refractivity contribution < 1.29 is 9.90 Å². The Hall–Kier alpha value is -1.62. The maximum absolute atomic E-state index is 12.0. The van der Waals surface area contributed by atoms with Crippen molar-refractivity contribution in [1.82, 2.24) is 4.57 Å². The van der Waals surface area contributed by atoms with Gasteiger partial charge in [0.1, 0.15) is 10.4 Å². The maximum Gasteiger partial charge on any atom is 0.341 e. The zero-order valence-electron chi connectivity index (χ0n) is 10.9. The molecule has 1 N–H and O–H groups in total. The lowest BCUT2D eigenvalue weighted by molar-refractivity contribution is 0.0695. The van der Waals surface area contributed by atoms with Crippen molar-refractivity contribution in [3.63, 3.8) is 0 Å². The number of hydrogen-bond acceptors (Lipinski definition) is 3. The Bertz CT molecular complexity index is 642. The molecule has 0 aliphatic carbocycles. The van der Waals surface area contributed by atoms with Crippen LogP contribution in [0.1, 0.15) is 43.0 Å². The average molecular weight is 279 g/mol. The van der Waals surface area contributed by atoms with Gasteiger partial charge in [-0.2, -0.15) is 0 Å². The normalized spacial score (nSPS) is 11.0. The van der Waals surface area contributed by atoms with Crippen LogP contribution in [0.3, 0.4) is 0 Å². The van der Waals surface area contributed by atoms with Gasteiger partial charge in [-0.15, -0.1) is 11.3 Å². The van der Waals surface area contributed by atoms with Gasteiger partial charge >= 0.3 is 5.97 Å². The third-order valence-corrected chi connectivity index (χ3v) is 4.11. The summed E-state index contributed by atoms with van der Waals surface area (Å²) in [6.07, 6.45) is 5.95. The number of aromatic nitrogens is 1. The first kappa shape index (κ1) is 13.8. The second-order valence-corrected chi connectivity index (χ2v) is 5.47. The molecule has 0 spiro atoms. The molecule has 2 aromatic heterocycles. The summed E-state index contributed by atoms with van der Waals surface area (Å²) in [7, 11) is 0. The van der Waals surface area contributed by atoms with Crippen molar-refractivity contribution in [3.05, 3.63) is 33.4 Å². The second kappa shape index (κ2) is 6.02. The van der Waals surface area contributed by atoms with Gasteiger partial charge < -0.3 is 9.67 Å². The Balaban J connectivity index is 2.36. The summed E-state index contributed by atoms with van der Waals surface area (Å²) in [6, 6.07) is 1.71. The molecular formula is C14H17NO3S. The minimum Gasteiger partial charge on any atom is -0.477 e. The van der Waals surface area contributed by atoms with E-state index in [1.54, 1.807) is 6.07 Å². The van der Waals surface area contributed by atoms with Crippen molar-refractivity contribution in [2.75, 3.05) is 0 Å². The number of fused-ring (bicyclic) bond motifs is 1. The molecule has 0 saturated heterocycles. The number of nitrogens with zero attached hydrogens (tertiary/aromatic N) is 1. The lowest BCUT2D eigenvalue weighted by Gasteiger charge is -2.09. The standard InChI is InChI=1S/C14H17NO3S/c1-2-3-4-5-7-15-9-11(14(17)18)12(16)10-6-8-19-13(10)15/h6,8-9H,2-5,7H2,1H3,(H,17,18). The number of aromatic carboxylic acids is 1. The molecule has 2 rings (SSSR count). The van der Waals surface area contributed by atoms with Crippen LogP contribution in [0.4, 0.5) is 0 Å². The SMILES string of the molecule is CCCCCCn1cc(C(=O)O)c(=O)c2ccsc21. The summed E-state index contributed by atoms with van der Waals surface area (Å²) < 4.78 is 1.90. The Labute approximate surface area is 115 Å². The number of carbonyl (C=O) groups is 1. The summed E-state index contributed by atoms with van der Waals surface area (Å²) in [5, 5.41) is 11.4. The number of carboxylic acids is 1.